The summed E-state index contributed by atoms with van der Waals surface area (Å²) < 4.78 is 11.2. The fourth-order valence-electron chi connectivity index (χ4n) is 2.96. The maximum Gasteiger partial charge on any atom is 0.303 e. The van der Waals surface area contributed by atoms with Crippen LogP contribution < -0.4 is 10.1 Å². The molecule has 0 aliphatic heterocycles. The molecule has 1 aromatic rings. The number of rotatable bonds is 9. The summed E-state index contributed by atoms with van der Waals surface area (Å²) in [7, 11) is 0. The number of carboxylic acids is 1. The lowest BCUT2D eigenvalue weighted by atomic mass is 9.88. The number of hydrogen-bond donors (Lipinski definition) is 2. The molecule has 0 spiro atoms. The summed E-state index contributed by atoms with van der Waals surface area (Å²) in [5.74, 6) is 0.175. The van der Waals surface area contributed by atoms with Gasteiger partial charge in [0.2, 0.25) is 5.91 Å². The molecule has 2 rings (SSSR count). The van der Waals surface area contributed by atoms with Crippen molar-refractivity contribution in [2.24, 2.45) is 5.92 Å². The Bertz CT molecular complexity index is 557. The first kappa shape index (κ1) is 19.2. The summed E-state index contributed by atoms with van der Waals surface area (Å²) in [6, 6.07) is 7.02. The molecular formula is C19H27NO5. The Morgan fingerprint density at radius 2 is 1.92 bits per heavy atom. The first-order valence-corrected chi connectivity index (χ1v) is 8.90. The van der Waals surface area contributed by atoms with Crippen LogP contribution in [0.3, 0.4) is 0 Å². The van der Waals surface area contributed by atoms with Gasteiger partial charge in [-0.3, -0.25) is 9.59 Å². The summed E-state index contributed by atoms with van der Waals surface area (Å²) in [6.45, 7) is 2.60. The molecule has 2 atom stereocenters. The quantitative estimate of drug-likeness (QED) is 0.667. The standard InChI is InChI=1S/C19H27NO5/c1-14-5-2-3-6-17(14)25-13-18(21)20-15-8-10-16(11-9-15)24-12-4-7-19(22)23/h8-11,14,17H,2-7,12-13H2,1H3,(H,20,21)(H,22,23). The summed E-state index contributed by atoms with van der Waals surface area (Å²) >= 11 is 0. The van der Waals surface area contributed by atoms with Crippen molar-refractivity contribution < 1.29 is 24.2 Å². The normalized spacial score (nSPS) is 20.0. The van der Waals surface area contributed by atoms with Gasteiger partial charge in [0, 0.05) is 12.1 Å². The predicted octanol–water partition coefficient (Wildman–Crippen LogP) is 3.46. The topological polar surface area (TPSA) is 84.9 Å². The lowest BCUT2D eigenvalue weighted by molar-refractivity contribution is -0.137. The van der Waals surface area contributed by atoms with Crippen LogP contribution in [-0.4, -0.2) is 36.3 Å². The van der Waals surface area contributed by atoms with E-state index in [0.717, 1.165) is 6.42 Å². The van der Waals surface area contributed by atoms with Crippen LogP contribution in [0.1, 0.15) is 45.4 Å². The van der Waals surface area contributed by atoms with Crippen LogP contribution in [0.25, 0.3) is 0 Å². The van der Waals surface area contributed by atoms with Crippen molar-refractivity contribution in [3.05, 3.63) is 24.3 Å². The van der Waals surface area contributed by atoms with Crippen molar-refractivity contribution in [1.29, 1.82) is 0 Å². The molecule has 0 radical (unpaired) electrons. The number of amides is 1. The molecule has 2 unspecified atom stereocenters. The lowest BCUT2D eigenvalue weighted by Gasteiger charge is -2.28. The van der Waals surface area contributed by atoms with Crippen molar-refractivity contribution in [2.75, 3.05) is 18.5 Å². The molecule has 0 saturated heterocycles. The Morgan fingerprint density at radius 3 is 2.60 bits per heavy atom. The van der Waals surface area contributed by atoms with Crippen LogP contribution in [0.2, 0.25) is 0 Å². The third-order valence-electron chi connectivity index (χ3n) is 4.40. The van der Waals surface area contributed by atoms with Crippen molar-refractivity contribution in [3.8, 4) is 5.75 Å². The number of hydrogen-bond acceptors (Lipinski definition) is 4. The van der Waals surface area contributed by atoms with Crippen molar-refractivity contribution in [3.63, 3.8) is 0 Å². The Morgan fingerprint density at radius 1 is 1.20 bits per heavy atom. The second-order valence-corrected chi connectivity index (χ2v) is 6.53. The molecule has 0 aromatic heterocycles. The Hall–Kier alpha value is -2.08. The van der Waals surface area contributed by atoms with E-state index in [0.29, 0.717) is 30.4 Å². The summed E-state index contributed by atoms with van der Waals surface area (Å²) in [5.41, 5.74) is 0.683. The van der Waals surface area contributed by atoms with E-state index in [2.05, 4.69) is 12.2 Å². The summed E-state index contributed by atoms with van der Waals surface area (Å²) in [5, 5.41) is 11.4. The highest BCUT2D eigenvalue weighted by Gasteiger charge is 2.22. The smallest absolute Gasteiger partial charge is 0.303 e. The van der Waals surface area contributed by atoms with Gasteiger partial charge in [-0.25, -0.2) is 0 Å². The Kier molecular flexibility index (Phi) is 7.73. The van der Waals surface area contributed by atoms with Crippen molar-refractivity contribution in [2.45, 2.75) is 51.6 Å². The zero-order valence-corrected chi connectivity index (χ0v) is 14.7. The monoisotopic (exact) mass is 349 g/mol. The molecule has 1 aliphatic rings. The molecule has 1 saturated carbocycles. The highest BCUT2D eigenvalue weighted by Crippen LogP contribution is 2.26. The van der Waals surface area contributed by atoms with Gasteiger partial charge in [0.05, 0.1) is 12.7 Å². The summed E-state index contributed by atoms with van der Waals surface area (Å²) in [4.78, 5) is 22.4. The first-order valence-electron chi connectivity index (χ1n) is 8.90. The third kappa shape index (κ3) is 7.13. The average Bonchev–Trinajstić information content (AvgIpc) is 2.59. The van der Waals surface area contributed by atoms with Gasteiger partial charge in [-0.15, -0.1) is 0 Å². The van der Waals surface area contributed by atoms with Crippen LogP contribution in [0.4, 0.5) is 5.69 Å². The minimum atomic E-state index is -0.827. The largest absolute Gasteiger partial charge is 0.494 e. The number of carbonyl (C=O) groups excluding carboxylic acids is 1. The highest BCUT2D eigenvalue weighted by molar-refractivity contribution is 5.91. The van der Waals surface area contributed by atoms with E-state index in [1.54, 1.807) is 24.3 Å². The highest BCUT2D eigenvalue weighted by atomic mass is 16.5. The molecule has 25 heavy (non-hydrogen) atoms. The van der Waals surface area contributed by atoms with Crippen LogP contribution in [0, 0.1) is 5.92 Å². The zero-order valence-electron chi connectivity index (χ0n) is 14.7. The Labute approximate surface area is 148 Å². The van der Waals surface area contributed by atoms with E-state index < -0.39 is 5.97 Å². The number of ether oxygens (including phenoxy) is 2. The molecule has 138 valence electrons. The number of aliphatic carboxylic acids is 1. The molecule has 1 fully saturated rings. The SMILES string of the molecule is CC1CCCCC1OCC(=O)Nc1ccc(OCCCC(=O)O)cc1. The van der Waals surface area contributed by atoms with Crippen LogP contribution in [0.5, 0.6) is 5.75 Å². The van der Waals surface area contributed by atoms with Crippen LogP contribution in [0.15, 0.2) is 24.3 Å². The second-order valence-electron chi connectivity index (χ2n) is 6.53. The molecule has 1 aromatic carbocycles. The maximum atomic E-state index is 12.0. The van der Waals surface area contributed by atoms with Crippen molar-refractivity contribution >= 4 is 17.6 Å². The van der Waals surface area contributed by atoms with Crippen LogP contribution >= 0.6 is 0 Å². The number of benzene rings is 1. The van der Waals surface area contributed by atoms with Gasteiger partial charge in [0.1, 0.15) is 12.4 Å². The van der Waals surface area contributed by atoms with E-state index in [1.165, 1.54) is 19.3 Å². The molecule has 2 N–H and O–H groups in total. The van der Waals surface area contributed by atoms with Gasteiger partial charge in [-0.2, -0.15) is 0 Å². The minimum Gasteiger partial charge on any atom is -0.494 e. The molecular weight excluding hydrogens is 322 g/mol. The lowest BCUT2D eigenvalue weighted by Crippen LogP contribution is -2.29. The Balaban J connectivity index is 1.69. The molecule has 1 aliphatic carbocycles. The van der Waals surface area contributed by atoms with Gasteiger partial charge in [0.25, 0.3) is 0 Å². The van der Waals surface area contributed by atoms with E-state index >= 15 is 0 Å². The van der Waals surface area contributed by atoms with Gasteiger partial charge in [-0.05, 0) is 49.4 Å². The maximum absolute atomic E-state index is 12.0. The van der Waals surface area contributed by atoms with Gasteiger partial charge < -0.3 is 19.9 Å². The fourth-order valence-corrected chi connectivity index (χ4v) is 2.96. The molecule has 0 bridgehead atoms. The zero-order chi connectivity index (χ0) is 18.1. The average molecular weight is 349 g/mol. The van der Waals surface area contributed by atoms with E-state index in [9.17, 15) is 9.59 Å². The molecule has 1 amide bonds. The van der Waals surface area contributed by atoms with Crippen LogP contribution in [-0.2, 0) is 14.3 Å². The summed E-state index contributed by atoms with van der Waals surface area (Å²) in [6.07, 6.45) is 5.35. The third-order valence-corrected chi connectivity index (χ3v) is 4.40. The number of carbonyl (C=O) groups is 2. The van der Waals surface area contributed by atoms with E-state index in [4.69, 9.17) is 14.6 Å². The van der Waals surface area contributed by atoms with E-state index in [-0.39, 0.29) is 25.0 Å². The van der Waals surface area contributed by atoms with Gasteiger partial charge in [0.15, 0.2) is 0 Å². The van der Waals surface area contributed by atoms with E-state index in [1.807, 2.05) is 0 Å². The molecule has 6 nitrogen and oxygen atoms in total. The molecule has 0 heterocycles. The van der Waals surface area contributed by atoms with Gasteiger partial charge >= 0.3 is 5.97 Å². The fraction of sp³-hybridized carbons (Fsp3) is 0.579. The number of carboxylic acid groups (broad SMARTS) is 1. The number of nitrogens with one attached hydrogen (secondary N) is 1. The predicted molar refractivity (Wildman–Crippen MR) is 94.8 cm³/mol. The molecule has 6 heteroatoms. The van der Waals surface area contributed by atoms with Crippen molar-refractivity contribution in [1.82, 2.24) is 0 Å². The number of anilines is 1. The second kappa shape index (κ2) is 10.0. The van der Waals surface area contributed by atoms with Gasteiger partial charge in [-0.1, -0.05) is 19.8 Å². The minimum absolute atomic E-state index is 0.0719. The first-order chi connectivity index (χ1) is 12.0.